The number of nitrogens with two attached hydrogens (primary N) is 1. The van der Waals surface area contributed by atoms with Gasteiger partial charge in [0, 0.05) is 6.20 Å². The third-order valence-electron chi connectivity index (χ3n) is 2.79. The summed E-state index contributed by atoms with van der Waals surface area (Å²) < 4.78 is 6.03. The highest BCUT2D eigenvalue weighted by Crippen LogP contribution is 2.34. The Bertz CT molecular complexity index is 778. The Morgan fingerprint density at radius 3 is 2.48 bits per heavy atom. The zero-order valence-corrected chi connectivity index (χ0v) is 12.9. The minimum atomic E-state index is -0.698. The maximum atomic E-state index is 11.9. The molecule has 5 nitrogen and oxygen atoms in total. The first kappa shape index (κ1) is 15.5. The van der Waals surface area contributed by atoms with Crippen molar-refractivity contribution in [2.45, 2.75) is 0 Å². The molecule has 0 saturated carbocycles. The van der Waals surface area contributed by atoms with Crippen LogP contribution in [0.1, 0.15) is 16.1 Å². The molecule has 0 atom stereocenters. The first-order valence-corrected chi connectivity index (χ1v) is 6.68. The highest BCUT2D eigenvalue weighted by atomic mass is 35.5. The van der Waals surface area contributed by atoms with Gasteiger partial charge in [-0.2, -0.15) is 5.26 Å². The quantitative estimate of drug-likeness (QED) is 0.665. The van der Waals surface area contributed by atoms with Crippen molar-refractivity contribution >= 4 is 46.5 Å². The molecule has 0 spiro atoms. The molecule has 0 bridgehead atoms. The van der Waals surface area contributed by atoms with Gasteiger partial charge in [0.1, 0.15) is 6.07 Å². The van der Waals surface area contributed by atoms with Crippen LogP contribution in [0.2, 0.25) is 15.1 Å². The molecule has 21 heavy (non-hydrogen) atoms. The van der Waals surface area contributed by atoms with Crippen molar-refractivity contribution in [1.82, 2.24) is 4.57 Å². The molecule has 8 heteroatoms. The van der Waals surface area contributed by atoms with Gasteiger partial charge in [-0.15, -0.1) is 0 Å². The second-order valence-corrected chi connectivity index (χ2v) is 5.22. The van der Waals surface area contributed by atoms with E-state index in [9.17, 15) is 4.79 Å². The highest BCUT2D eigenvalue weighted by molar-refractivity contribution is 6.43. The summed E-state index contributed by atoms with van der Waals surface area (Å²) in [4.78, 5) is 11.9. The predicted molar refractivity (Wildman–Crippen MR) is 81.3 cm³/mol. The Hall–Kier alpha value is -1.87. The summed E-state index contributed by atoms with van der Waals surface area (Å²) in [7, 11) is 1.21. The minimum Gasteiger partial charge on any atom is -0.464 e. The molecule has 0 amide bonds. The van der Waals surface area contributed by atoms with E-state index in [0.717, 1.165) is 0 Å². The second-order valence-electron chi connectivity index (χ2n) is 4.00. The number of halogens is 3. The van der Waals surface area contributed by atoms with Crippen molar-refractivity contribution in [2.24, 2.45) is 0 Å². The van der Waals surface area contributed by atoms with Gasteiger partial charge in [0.2, 0.25) is 0 Å². The van der Waals surface area contributed by atoms with E-state index in [1.165, 1.54) is 30.0 Å². The van der Waals surface area contributed by atoms with Gasteiger partial charge in [0.15, 0.2) is 5.69 Å². The number of esters is 1. The van der Waals surface area contributed by atoms with E-state index in [1.807, 2.05) is 6.07 Å². The molecule has 2 N–H and O–H groups in total. The number of carbonyl (C=O) groups excluding carboxylic acids is 1. The van der Waals surface area contributed by atoms with Crippen molar-refractivity contribution in [1.29, 1.82) is 5.26 Å². The molecule has 0 unspecified atom stereocenters. The minimum absolute atomic E-state index is 0.00524. The van der Waals surface area contributed by atoms with Crippen LogP contribution in [-0.2, 0) is 4.74 Å². The topological polar surface area (TPSA) is 81.0 Å². The number of anilines is 1. The molecule has 1 aromatic heterocycles. The van der Waals surface area contributed by atoms with Gasteiger partial charge >= 0.3 is 5.97 Å². The lowest BCUT2D eigenvalue weighted by molar-refractivity contribution is 0.0593. The Morgan fingerprint density at radius 2 is 1.90 bits per heavy atom. The van der Waals surface area contributed by atoms with Crippen LogP contribution in [0.3, 0.4) is 0 Å². The zero-order chi connectivity index (χ0) is 15.7. The van der Waals surface area contributed by atoms with Crippen molar-refractivity contribution in [3.63, 3.8) is 0 Å². The lowest BCUT2D eigenvalue weighted by atomic mass is 10.2. The largest absolute Gasteiger partial charge is 0.464 e. The number of methoxy groups -OCH3 is 1. The smallest absolute Gasteiger partial charge is 0.357 e. The molecule has 1 heterocycles. The molecule has 0 aliphatic heterocycles. The first-order valence-electron chi connectivity index (χ1n) is 5.54. The van der Waals surface area contributed by atoms with Crippen molar-refractivity contribution in [3.05, 3.63) is 44.7 Å². The van der Waals surface area contributed by atoms with E-state index in [4.69, 9.17) is 45.8 Å². The molecule has 0 aliphatic carbocycles. The molecule has 1 aromatic carbocycles. The van der Waals surface area contributed by atoms with Crippen molar-refractivity contribution in [2.75, 3.05) is 12.8 Å². The van der Waals surface area contributed by atoms with Crippen LogP contribution in [0.5, 0.6) is 0 Å². The van der Waals surface area contributed by atoms with Gasteiger partial charge in [0.05, 0.1) is 39.1 Å². The fourth-order valence-electron chi connectivity index (χ4n) is 1.80. The number of rotatable bonds is 2. The Morgan fingerprint density at radius 1 is 1.29 bits per heavy atom. The molecule has 0 radical (unpaired) electrons. The van der Waals surface area contributed by atoms with Crippen LogP contribution in [-0.4, -0.2) is 17.6 Å². The van der Waals surface area contributed by atoms with Gasteiger partial charge < -0.3 is 15.0 Å². The third-order valence-corrected chi connectivity index (χ3v) is 3.82. The number of carbonyl (C=O) groups is 1. The van der Waals surface area contributed by atoms with Crippen molar-refractivity contribution < 1.29 is 9.53 Å². The number of nitriles is 1. The van der Waals surface area contributed by atoms with Crippen molar-refractivity contribution in [3.8, 4) is 11.8 Å². The van der Waals surface area contributed by atoms with E-state index in [0.29, 0.717) is 5.69 Å². The fourth-order valence-corrected chi connectivity index (χ4v) is 2.43. The number of hydrogen-bond acceptors (Lipinski definition) is 4. The molecule has 0 aliphatic rings. The summed E-state index contributed by atoms with van der Waals surface area (Å²) in [5, 5.41) is 9.81. The molecule has 0 saturated heterocycles. The maximum Gasteiger partial charge on any atom is 0.357 e. The van der Waals surface area contributed by atoms with Gasteiger partial charge in [0.25, 0.3) is 0 Å². The number of hydrogen-bond donors (Lipinski definition) is 1. The second kappa shape index (κ2) is 5.86. The van der Waals surface area contributed by atoms with Crippen LogP contribution >= 0.6 is 34.8 Å². The van der Waals surface area contributed by atoms with E-state index in [2.05, 4.69) is 4.74 Å². The highest BCUT2D eigenvalue weighted by Gasteiger charge is 2.23. The standard InChI is InChI=1S/C13H8Cl3N3O2/c1-21-13(20)12-11(18)6(4-17)5-19(12)10-3-8(15)7(14)2-9(10)16/h2-3,5H,18H2,1H3. The average molecular weight is 345 g/mol. The summed E-state index contributed by atoms with van der Waals surface area (Å²) in [6, 6.07) is 4.80. The number of ether oxygens (including phenoxy) is 1. The lowest BCUT2D eigenvalue weighted by Crippen LogP contribution is -2.11. The fraction of sp³-hybridized carbons (Fsp3) is 0.0769. The molecule has 2 rings (SSSR count). The Kier molecular flexibility index (Phi) is 4.33. The van der Waals surface area contributed by atoms with Gasteiger partial charge in [-0.3, -0.25) is 0 Å². The lowest BCUT2D eigenvalue weighted by Gasteiger charge is -2.11. The van der Waals surface area contributed by atoms with E-state index in [1.54, 1.807) is 0 Å². The molecule has 2 aromatic rings. The zero-order valence-electron chi connectivity index (χ0n) is 10.7. The maximum absolute atomic E-state index is 11.9. The molecular formula is C13H8Cl3N3O2. The Balaban J connectivity index is 2.78. The number of benzene rings is 1. The van der Waals surface area contributed by atoms with E-state index >= 15 is 0 Å². The number of nitrogen functional groups attached to an aromatic ring is 1. The van der Waals surface area contributed by atoms with Gasteiger partial charge in [-0.1, -0.05) is 34.8 Å². The predicted octanol–water partition coefficient (Wildman–Crippen LogP) is 3.68. The molecule has 108 valence electrons. The molecule has 0 fully saturated rings. The summed E-state index contributed by atoms with van der Waals surface area (Å²) in [5.74, 6) is -0.698. The van der Waals surface area contributed by atoms with Crippen LogP contribution < -0.4 is 5.73 Å². The summed E-state index contributed by atoms with van der Waals surface area (Å²) in [5.41, 5.74) is 6.28. The van der Waals surface area contributed by atoms with Gasteiger partial charge in [-0.05, 0) is 12.1 Å². The summed E-state index contributed by atoms with van der Waals surface area (Å²) in [6.45, 7) is 0. The van der Waals surface area contributed by atoms with Crippen LogP contribution in [0.4, 0.5) is 5.69 Å². The summed E-state index contributed by atoms with van der Waals surface area (Å²) in [6.07, 6.45) is 1.38. The molecular weight excluding hydrogens is 337 g/mol. The normalized spacial score (nSPS) is 10.2. The van der Waals surface area contributed by atoms with Gasteiger partial charge in [-0.25, -0.2) is 4.79 Å². The van der Waals surface area contributed by atoms with E-state index < -0.39 is 5.97 Å². The summed E-state index contributed by atoms with van der Waals surface area (Å²) >= 11 is 18.0. The van der Waals surface area contributed by atoms with Crippen LogP contribution in [0.15, 0.2) is 18.3 Å². The van der Waals surface area contributed by atoms with E-state index in [-0.39, 0.29) is 32.0 Å². The van der Waals surface area contributed by atoms with Crippen LogP contribution in [0.25, 0.3) is 5.69 Å². The number of aromatic nitrogens is 1. The average Bonchev–Trinajstić information content (AvgIpc) is 2.78. The SMILES string of the molecule is COC(=O)c1c(N)c(C#N)cn1-c1cc(Cl)c(Cl)cc1Cl. The van der Waals surface area contributed by atoms with Crippen LogP contribution in [0, 0.1) is 11.3 Å². The third kappa shape index (κ3) is 2.66. The number of nitrogens with zero attached hydrogens (tertiary/aromatic N) is 2. The monoisotopic (exact) mass is 343 g/mol. The first-order chi connectivity index (χ1) is 9.90. The Labute approximate surface area is 135 Å².